The van der Waals surface area contributed by atoms with Crippen LogP contribution in [0.1, 0.15) is 58.8 Å². The van der Waals surface area contributed by atoms with E-state index in [4.69, 9.17) is 9.31 Å². The van der Waals surface area contributed by atoms with E-state index in [1.165, 1.54) is 31.2 Å². The molecule has 18 heavy (non-hydrogen) atoms. The second-order valence-corrected chi connectivity index (χ2v) is 4.82. The summed E-state index contributed by atoms with van der Waals surface area (Å²) in [7, 11) is -0.131. The number of allylic oxidation sites excluding steroid dienone is 4. The average molecular weight is 250 g/mol. The molecule has 102 valence electrons. The second kappa shape index (κ2) is 10.4. The molecule has 1 fully saturated rings. The fourth-order valence-electron chi connectivity index (χ4n) is 1.94. The Balaban J connectivity index is 2.49. The topological polar surface area (TPSA) is 18.5 Å². The van der Waals surface area contributed by atoms with Crippen molar-refractivity contribution in [2.75, 3.05) is 13.2 Å². The van der Waals surface area contributed by atoms with Crippen LogP contribution in [0, 0.1) is 0 Å². The predicted octanol–water partition coefficient (Wildman–Crippen LogP) is 4.31. The lowest BCUT2D eigenvalue weighted by atomic mass is 9.76. The van der Waals surface area contributed by atoms with E-state index in [2.05, 4.69) is 32.1 Å². The van der Waals surface area contributed by atoms with Crippen molar-refractivity contribution in [1.82, 2.24) is 0 Å². The molecule has 2 nitrogen and oxygen atoms in total. The van der Waals surface area contributed by atoms with Crippen LogP contribution in [0.4, 0.5) is 0 Å². The third-order valence-electron chi connectivity index (χ3n) is 3.07. The Bertz CT molecular complexity index is 255. The van der Waals surface area contributed by atoms with Gasteiger partial charge in [-0.1, -0.05) is 57.8 Å². The van der Waals surface area contributed by atoms with Gasteiger partial charge in [-0.25, -0.2) is 0 Å². The Hall–Kier alpha value is -0.535. The summed E-state index contributed by atoms with van der Waals surface area (Å²) in [5, 5.41) is 0. The van der Waals surface area contributed by atoms with Gasteiger partial charge in [-0.15, -0.1) is 0 Å². The Morgan fingerprint density at radius 1 is 1.06 bits per heavy atom. The molecule has 1 saturated heterocycles. The zero-order valence-corrected chi connectivity index (χ0v) is 12.0. The third kappa shape index (κ3) is 6.41. The van der Waals surface area contributed by atoms with Crippen LogP contribution >= 0.6 is 0 Å². The van der Waals surface area contributed by atoms with E-state index >= 15 is 0 Å². The van der Waals surface area contributed by atoms with Crippen LogP contribution in [-0.2, 0) is 9.31 Å². The number of hydrogen-bond acceptors (Lipinski definition) is 2. The molecule has 1 rings (SSSR count). The lowest BCUT2D eigenvalue weighted by Gasteiger charge is -2.20. The van der Waals surface area contributed by atoms with Crippen LogP contribution in [-0.4, -0.2) is 20.3 Å². The van der Waals surface area contributed by atoms with Crippen LogP contribution in [0.5, 0.6) is 0 Å². The van der Waals surface area contributed by atoms with E-state index in [0.717, 1.165) is 32.5 Å². The average Bonchev–Trinajstić information content (AvgIpc) is 2.42. The van der Waals surface area contributed by atoms with E-state index in [9.17, 15) is 0 Å². The molecule has 0 aromatic carbocycles. The van der Waals surface area contributed by atoms with Crippen LogP contribution in [0.2, 0.25) is 0 Å². The number of unbranched alkanes of at least 4 members (excludes halogenated alkanes) is 4. The van der Waals surface area contributed by atoms with Crippen molar-refractivity contribution < 1.29 is 9.31 Å². The maximum absolute atomic E-state index is 5.69. The van der Waals surface area contributed by atoms with Gasteiger partial charge in [0.1, 0.15) is 0 Å². The molecule has 0 bridgehead atoms. The van der Waals surface area contributed by atoms with Gasteiger partial charge in [-0.3, -0.25) is 0 Å². The van der Waals surface area contributed by atoms with Crippen molar-refractivity contribution in [3.05, 3.63) is 23.7 Å². The van der Waals surface area contributed by atoms with E-state index < -0.39 is 0 Å². The van der Waals surface area contributed by atoms with Crippen molar-refractivity contribution in [1.29, 1.82) is 0 Å². The smallest absolute Gasteiger partial charge is 0.407 e. The minimum Gasteiger partial charge on any atom is -0.407 e. The van der Waals surface area contributed by atoms with Gasteiger partial charge in [-0.05, 0) is 24.7 Å². The van der Waals surface area contributed by atoms with Gasteiger partial charge >= 0.3 is 7.12 Å². The van der Waals surface area contributed by atoms with Gasteiger partial charge in [0.2, 0.25) is 0 Å². The minimum absolute atomic E-state index is 0.131. The maximum Gasteiger partial charge on any atom is 0.493 e. The number of rotatable bonds is 8. The van der Waals surface area contributed by atoms with Gasteiger partial charge in [0, 0.05) is 13.2 Å². The predicted molar refractivity (Wildman–Crippen MR) is 78.5 cm³/mol. The molecule has 0 radical (unpaired) electrons. The summed E-state index contributed by atoms with van der Waals surface area (Å²) < 4.78 is 11.4. The van der Waals surface area contributed by atoms with Gasteiger partial charge < -0.3 is 9.31 Å². The molecule has 0 unspecified atom stereocenters. The molecule has 0 aliphatic carbocycles. The summed E-state index contributed by atoms with van der Waals surface area (Å²) in [5.74, 6) is 0. The Labute approximate surface area is 113 Å². The van der Waals surface area contributed by atoms with Crippen LogP contribution in [0.15, 0.2) is 23.7 Å². The van der Waals surface area contributed by atoms with E-state index in [0.29, 0.717) is 0 Å². The summed E-state index contributed by atoms with van der Waals surface area (Å²) in [6, 6.07) is 0. The molecule has 0 aromatic rings. The zero-order chi connectivity index (χ0) is 13.1. The molecule has 1 aliphatic rings. The van der Waals surface area contributed by atoms with Gasteiger partial charge in [-0.2, -0.15) is 0 Å². The first-order chi connectivity index (χ1) is 8.88. The highest BCUT2D eigenvalue weighted by Crippen LogP contribution is 2.14. The summed E-state index contributed by atoms with van der Waals surface area (Å²) in [6.45, 7) is 6.08. The van der Waals surface area contributed by atoms with Crippen molar-refractivity contribution in [2.24, 2.45) is 0 Å². The first-order valence-corrected chi connectivity index (χ1v) is 7.48. The Morgan fingerprint density at radius 2 is 1.72 bits per heavy atom. The molecule has 0 aromatic heterocycles. The lowest BCUT2D eigenvalue weighted by molar-refractivity contribution is 0.140. The lowest BCUT2D eigenvalue weighted by Crippen LogP contribution is -2.31. The summed E-state index contributed by atoms with van der Waals surface area (Å²) in [6.07, 6.45) is 15.0. The molecule has 0 atom stereocenters. The molecule has 1 heterocycles. The van der Waals surface area contributed by atoms with E-state index in [1.54, 1.807) is 0 Å². The SMILES string of the molecule is CCCC/C=C/C(=C/CCCC)B1OCCCO1. The highest BCUT2D eigenvalue weighted by Gasteiger charge is 2.24. The molecule has 0 N–H and O–H groups in total. The normalized spacial score (nSPS) is 17.7. The number of hydrogen-bond donors (Lipinski definition) is 0. The van der Waals surface area contributed by atoms with Crippen LogP contribution < -0.4 is 0 Å². The van der Waals surface area contributed by atoms with Crippen LogP contribution in [0.3, 0.4) is 0 Å². The second-order valence-electron chi connectivity index (χ2n) is 4.82. The molecule has 3 heteroatoms. The van der Waals surface area contributed by atoms with Gasteiger partial charge in [0.25, 0.3) is 0 Å². The van der Waals surface area contributed by atoms with E-state index in [-0.39, 0.29) is 7.12 Å². The highest BCUT2D eigenvalue weighted by atomic mass is 16.6. The first kappa shape index (κ1) is 15.5. The Morgan fingerprint density at radius 3 is 2.39 bits per heavy atom. The van der Waals surface area contributed by atoms with Gasteiger partial charge in [0.05, 0.1) is 0 Å². The van der Waals surface area contributed by atoms with Crippen LogP contribution in [0.25, 0.3) is 0 Å². The third-order valence-corrected chi connectivity index (χ3v) is 3.07. The molecular formula is C15H27BO2. The summed E-state index contributed by atoms with van der Waals surface area (Å²) in [4.78, 5) is 0. The van der Waals surface area contributed by atoms with Crippen molar-refractivity contribution >= 4 is 7.12 Å². The van der Waals surface area contributed by atoms with Gasteiger partial charge in [0.15, 0.2) is 0 Å². The molecule has 1 aliphatic heterocycles. The largest absolute Gasteiger partial charge is 0.493 e. The fourth-order valence-corrected chi connectivity index (χ4v) is 1.94. The molecule has 0 amide bonds. The van der Waals surface area contributed by atoms with E-state index in [1.807, 2.05) is 0 Å². The monoisotopic (exact) mass is 250 g/mol. The summed E-state index contributed by atoms with van der Waals surface area (Å²) >= 11 is 0. The van der Waals surface area contributed by atoms with Crippen molar-refractivity contribution in [2.45, 2.75) is 58.8 Å². The highest BCUT2D eigenvalue weighted by molar-refractivity contribution is 6.54. The fraction of sp³-hybridized carbons (Fsp3) is 0.733. The standard InChI is InChI=1S/C15H27BO2/c1-3-5-7-9-12-15(11-8-6-4-2)16-17-13-10-14-18-16/h9,11-12H,3-8,10,13-14H2,1-2H3/b12-9+,15-11-. The maximum atomic E-state index is 5.69. The first-order valence-electron chi connectivity index (χ1n) is 7.48. The molecular weight excluding hydrogens is 223 g/mol. The molecule has 0 spiro atoms. The summed E-state index contributed by atoms with van der Waals surface area (Å²) in [5.41, 5.74) is 1.21. The Kier molecular flexibility index (Phi) is 8.96. The zero-order valence-electron chi connectivity index (χ0n) is 12.0. The van der Waals surface area contributed by atoms with Crippen molar-refractivity contribution in [3.63, 3.8) is 0 Å². The minimum atomic E-state index is -0.131. The quantitative estimate of drug-likeness (QED) is 0.363. The molecule has 0 saturated carbocycles. The van der Waals surface area contributed by atoms with Crippen molar-refractivity contribution in [3.8, 4) is 0 Å².